The first-order valence-corrected chi connectivity index (χ1v) is 14.8. The minimum atomic E-state index is -1.15. The molecule has 0 bridgehead atoms. The quantitative estimate of drug-likeness (QED) is 0.136. The van der Waals surface area contributed by atoms with Crippen LogP contribution in [-0.4, -0.2) is 51.6 Å². The Bertz CT molecular complexity index is 1740. The van der Waals surface area contributed by atoms with Crippen LogP contribution in [0.1, 0.15) is 36.4 Å². The molecule has 0 saturated carbocycles. The number of methoxy groups -OCH3 is 1. The molecule has 0 radical (unpaired) electrons. The van der Waals surface area contributed by atoms with E-state index in [9.17, 15) is 9.59 Å². The molecule has 11 nitrogen and oxygen atoms in total. The number of aromatic nitrogens is 3. The molecule has 0 aliphatic carbocycles. The van der Waals surface area contributed by atoms with Gasteiger partial charge in [0.05, 0.1) is 40.7 Å². The second-order valence-electron chi connectivity index (χ2n) is 10.4. The summed E-state index contributed by atoms with van der Waals surface area (Å²) in [5.74, 6) is -1.61. The summed E-state index contributed by atoms with van der Waals surface area (Å²) in [5.41, 5.74) is 9.05. The lowest BCUT2D eigenvalue weighted by molar-refractivity contribution is -0.137. The van der Waals surface area contributed by atoms with Crippen LogP contribution >= 0.6 is 23.2 Å². The van der Waals surface area contributed by atoms with Crippen molar-refractivity contribution in [2.45, 2.75) is 37.9 Å². The Hall–Kier alpha value is -4.36. The summed E-state index contributed by atoms with van der Waals surface area (Å²) >= 11 is 13.7. The molecule has 3 aromatic heterocycles. The molecule has 0 spiro atoms. The van der Waals surface area contributed by atoms with Crippen LogP contribution in [0, 0.1) is 5.82 Å². The zero-order valence-corrected chi connectivity index (χ0v) is 25.6. The van der Waals surface area contributed by atoms with Gasteiger partial charge < -0.3 is 31.5 Å². The molecule has 1 aliphatic heterocycles. The fourth-order valence-corrected chi connectivity index (χ4v) is 5.61. The monoisotopic (exact) mass is 653 g/mol. The van der Waals surface area contributed by atoms with Crippen LogP contribution in [0.3, 0.4) is 0 Å². The zero-order valence-electron chi connectivity index (χ0n) is 24.1. The summed E-state index contributed by atoms with van der Waals surface area (Å²) in [7, 11) is 1.54. The molecular formula is C31H30Cl2FN7O4. The Kier molecular flexibility index (Phi) is 10.1. The smallest absolute Gasteiger partial charge is 0.305 e. The summed E-state index contributed by atoms with van der Waals surface area (Å²) in [6.45, 7) is 1.13. The number of hydrogen-bond donors (Lipinski definition) is 5. The number of benzene rings is 1. The number of amides is 1. The molecule has 4 aromatic rings. The molecule has 1 fully saturated rings. The fraction of sp³-hybridized carbons (Fsp3) is 0.258. The van der Waals surface area contributed by atoms with Crippen molar-refractivity contribution in [3.05, 3.63) is 81.8 Å². The molecule has 1 aliphatic rings. The highest BCUT2D eigenvalue weighted by Crippen LogP contribution is 2.41. The molecule has 2 atom stereocenters. The lowest BCUT2D eigenvalue weighted by Crippen LogP contribution is -2.35. The van der Waals surface area contributed by atoms with Crippen LogP contribution in [0.5, 0.6) is 5.88 Å². The van der Waals surface area contributed by atoms with Crippen molar-refractivity contribution in [2.75, 3.05) is 19.0 Å². The van der Waals surface area contributed by atoms with Crippen molar-refractivity contribution in [3.63, 3.8) is 0 Å². The number of anilines is 2. The highest BCUT2D eigenvalue weighted by molar-refractivity contribution is 6.39. The first-order valence-electron chi connectivity index (χ1n) is 14.0. The van der Waals surface area contributed by atoms with Crippen molar-refractivity contribution in [1.82, 2.24) is 25.6 Å². The van der Waals surface area contributed by atoms with E-state index in [0.717, 1.165) is 12.0 Å². The molecule has 5 rings (SSSR count). The van der Waals surface area contributed by atoms with Crippen molar-refractivity contribution < 1.29 is 23.8 Å². The standard InChI is InChI=1S/C31H30Cl2FN7O4/c1-45-31-16(14-36-15-17-6-8-24(42)39-17)5-7-22(41-31)19-10-11-37-29(27(19)33)20-3-2-4-23(26(20)32)40-30-28(34)18(9-12-38-30)21(35)13-25(43)44/h2-5,7,9-12,17,21,36H,6,8,13-15,35H2,1H3,(H,38,40)(H,39,42)(H,43,44)/t17-,21+/m0/s1. The van der Waals surface area contributed by atoms with Gasteiger partial charge >= 0.3 is 5.97 Å². The molecular weight excluding hydrogens is 624 g/mol. The Morgan fingerprint density at radius 1 is 1.16 bits per heavy atom. The second kappa shape index (κ2) is 14.2. The number of carboxylic acid groups (broad SMARTS) is 1. The van der Waals surface area contributed by atoms with Gasteiger partial charge in [-0.2, -0.15) is 0 Å². The lowest BCUT2D eigenvalue weighted by Gasteiger charge is -2.16. The highest BCUT2D eigenvalue weighted by Gasteiger charge is 2.22. The minimum absolute atomic E-state index is 0.00614. The number of carboxylic acids is 1. The number of halogens is 3. The van der Waals surface area contributed by atoms with E-state index in [1.807, 2.05) is 12.1 Å². The van der Waals surface area contributed by atoms with E-state index in [-0.39, 0.29) is 28.4 Å². The molecule has 14 heteroatoms. The molecule has 1 aromatic carbocycles. The van der Waals surface area contributed by atoms with Gasteiger partial charge in [0.25, 0.3) is 0 Å². The minimum Gasteiger partial charge on any atom is -0.481 e. The van der Waals surface area contributed by atoms with E-state index >= 15 is 4.39 Å². The van der Waals surface area contributed by atoms with Gasteiger partial charge in [-0.1, -0.05) is 41.4 Å². The summed E-state index contributed by atoms with van der Waals surface area (Å²) in [4.78, 5) is 35.7. The van der Waals surface area contributed by atoms with Crippen LogP contribution in [0.15, 0.2) is 54.9 Å². The van der Waals surface area contributed by atoms with Crippen molar-refractivity contribution in [1.29, 1.82) is 0 Å². The number of carbonyl (C=O) groups is 2. The fourth-order valence-electron chi connectivity index (χ4n) is 5.04. The number of nitrogens with two attached hydrogens (primary N) is 1. The Labute approximate surface area is 268 Å². The maximum Gasteiger partial charge on any atom is 0.305 e. The first-order chi connectivity index (χ1) is 21.7. The van der Waals surface area contributed by atoms with Gasteiger partial charge in [-0.05, 0) is 30.7 Å². The molecule has 4 heterocycles. The molecule has 45 heavy (non-hydrogen) atoms. The van der Waals surface area contributed by atoms with E-state index < -0.39 is 24.2 Å². The van der Waals surface area contributed by atoms with E-state index in [0.29, 0.717) is 58.6 Å². The van der Waals surface area contributed by atoms with E-state index in [4.69, 9.17) is 38.8 Å². The summed E-state index contributed by atoms with van der Waals surface area (Å²) in [6, 6.07) is 10.9. The average molecular weight is 655 g/mol. The molecule has 1 amide bonds. The topological polar surface area (TPSA) is 164 Å². The van der Waals surface area contributed by atoms with Gasteiger partial charge in [-0.3, -0.25) is 14.6 Å². The van der Waals surface area contributed by atoms with Gasteiger partial charge in [0.1, 0.15) is 0 Å². The predicted octanol–water partition coefficient (Wildman–Crippen LogP) is 5.25. The van der Waals surface area contributed by atoms with Crippen LogP contribution < -0.4 is 26.4 Å². The van der Waals surface area contributed by atoms with Gasteiger partial charge in [0.15, 0.2) is 11.6 Å². The van der Waals surface area contributed by atoms with Crippen molar-refractivity contribution >= 4 is 46.6 Å². The number of hydrogen-bond acceptors (Lipinski definition) is 9. The van der Waals surface area contributed by atoms with Crippen molar-refractivity contribution in [3.8, 4) is 28.4 Å². The Morgan fingerprint density at radius 3 is 2.69 bits per heavy atom. The highest BCUT2D eigenvalue weighted by atomic mass is 35.5. The lowest BCUT2D eigenvalue weighted by atomic mass is 10.0. The zero-order chi connectivity index (χ0) is 32.1. The predicted molar refractivity (Wildman–Crippen MR) is 169 cm³/mol. The van der Waals surface area contributed by atoms with Crippen LogP contribution in [0.2, 0.25) is 10.0 Å². The number of pyridine rings is 3. The van der Waals surface area contributed by atoms with Gasteiger partial charge in [-0.25, -0.2) is 14.4 Å². The molecule has 0 unspecified atom stereocenters. The maximum atomic E-state index is 15.3. The summed E-state index contributed by atoms with van der Waals surface area (Å²) < 4.78 is 20.8. The summed E-state index contributed by atoms with van der Waals surface area (Å²) in [5, 5.41) is 18.7. The SMILES string of the molecule is COc1nc(-c2ccnc(-c3cccc(Nc4nccc([C@H](N)CC(=O)O)c4F)c3Cl)c2Cl)ccc1CNC[C@@H]1CCC(=O)N1. The number of nitrogens with zero attached hydrogens (tertiary/aromatic N) is 3. The first kappa shape index (κ1) is 32.0. The number of carbonyl (C=O) groups excluding carboxylic acids is 1. The second-order valence-corrected chi connectivity index (χ2v) is 11.1. The largest absolute Gasteiger partial charge is 0.481 e. The van der Waals surface area contributed by atoms with Crippen molar-refractivity contribution in [2.24, 2.45) is 5.73 Å². The number of aliphatic carboxylic acids is 1. The van der Waals surface area contributed by atoms with E-state index in [1.165, 1.54) is 19.4 Å². The Balaban J connectivity index is 1.38. The third kappa shape index (κ3) is 7.31. The summed E-state index contributed by atoms with van der Waals surface area (Å²) in [6.07, 6.45) is 3.82. The van der Waals surface area contributed by atoms with E-state index in [1.54, 1.807) is 30.5 Å². The van der Waals surface area contributed by atoms with Crippen LogP contribution in [-0.2, 0) is 16.1 Å². The third-order valence-electron chi connectivity index (χ3n) is 7.31. The average Bonchev–Trinajstić information content (AvgIpc) is 3.44. The third-order valence-corrected chi connectivity index (χ3v) is 8.10. The van der Waals surface area contributed by atoms with E-state index in [2.05, 4.69) is 30.9 Å². The normalized spacial score (nSPS) is 15.0. The maximum absolute atomic E-state index is 15.3. The van der Waals surface area contributed by atoms with Gasteiger partial charge in [0.2, 0.25) is 11.8 Å². The molecule has 6 N–H and O–H groups in total. The number of nitrogens with one attached hydrogen (secondary N) is 3. The number of rotatable bonds is 12. The molecule has 1 saturated heterocycles. The van der Waals surface area contributed by atoms with Gasteiger partial charge in [-0.15, -0.1) is 0 Å². The van der Waals surface area contributed by atoms with Crippen LogP contribution in [0.25, 0.3) is 22.5 Å². The molecule has 234 valence electrons. The van der Waals surface area contributed by atoms with Gasteiger partial charge in [0, 0.05) is 66.2 Å². The van der Waals surface area contributed by atoms with Crippen LogP contribution in [0.4, 0.5) is 15.9 Å². The number of ether oxygens (including phenoxy) is 1. The Morgan fingerprint density at radius 2 is 1.96 bits per heavy atom.